The molecule has 0 aliphatic rings. The number of hydrogen-bond donors (Lipinski definition) is 2. The van der Waals surface area contributed by atoms with E-state index >= 15 is 0 Å². The molecule has 0 aliphatic heterocycles. The molecule has 0 atom stereocenters. The topological polar surface area (TPSA) is 66.8 Å². The molecule has 0 saturated carbocycles. The normalized spacial score (nSPS) is 11.9. The molecule has 0 aromatic heterocycles. The van der Waals surface area contributed by atoms with Gasteiger partial charge in [-0.05, 0) is 0 Å². The third-order valence-corrected chi connectivity index (χ3v) is 1.55. The molecule has 4 nitrogen and oxygen atoms in total. The van der Waals surface area contributed by atoms with E-state index in [0.29, 0.717) is 6.42 Å². The zero-order valence-electron chi connectivity index (χ0n) is 4.57. The van der Waals surface area contributed by atoms with E-state index < -0.39 is 14.5 Å². The zero-order valence-corrected chi connectivity index (χ0v) is 6.45. The predicted molar refractivity (Wildman–Crippen MR) is 27.1 cm³/mol. The average molecular weight is 184 g/mol. The van der Waals surface area contributed by atoms with Crippen LogP contribution in [0.1, 0.15) is 13.3 Å². The number of hydrogen-bond acceptors (Lipinski definition) is 2. The van der Waals surface area contributed by atoms with Crippen molar-refractivity contribution in [2.45, 2.75) is 13.3 Å². The first-order valence-electron chi connectivity index (χ1n) is 2.26. The van der Waals surface area contributed by atoms with Crippen molar-refractivity contribution >= 4 is 14.5 Å². The maximum absolute atomic E-state index is 9.92. The molecular weight excluding hydrogens is 175 g/mol. The summed E-state index contributed by atoms with van der Waals surface area (Å²) in [5.41, 5.74) is 0. The van der Waals surface area contributed by atoms with Crippen LogP contribution in [0.3, 0.4) is 0 Å². The summed E-state index contributed by atoms with van der Waals surface area (Å²) in [4.78, 5) is 0. The van der Waals surface area contributed by atoms with Crippen LogP contribution < -0.4 is 0 Å². The van der Waals surface area contributed by atoms with Crippen molar-refractivity contribution in [2.24, 2.45) is 0 Å². The van der Waals surface area contributed by atoms with Crippen LogP contribution in [0.2, 0.25) is 0 Å². The van der Waals surface area contributed by atoms with Crippen molar-refractivity contribution in [3.8, 4) is 0 Å². The van der Waals surface area contributed by atoms with Crippen LogP contribution in [-0.2, 0) is 7.47 Å². The summed E-state index contributed by atoms with van der Waals surface area (Å²) in [6.45, 7) is 1.93. The van der Waals surface area contributed by atoms with Crippen LogP contribution in [0.5, 0.6) is 0 Å². The van der Waals surface area contributed by atoms with Gasteiger partial charge in [0.1, 0.15) is 0 Å². The molecule has 0 fully saturated rings. The van der Waals surface area contributed by atoms with Gasteiger partial charge < -0.3 is 0 Å². The molecule has 0 rings (SSSR count). The van der Waals surface area contributed by atoms with Crippen molar-refractivity contribution < 1.29 is 15.7 Å². The Kier molecular flexibility index (Phi) is 3.40. The summed E-state index contributed by atoms with van der Waals surface area (Å²) in [6, 6.07) is 0. The Morgan fingerprint density at radius 3 is 2.25 bits per heavy atom. The van der Waals surface area contributed by atoms with Gasteiger partial charge in [0.25, 0.3) is 0 Å². The fourth-order valence-corrected chi connectivity index (χ4v) is 1.09. The molecule has 5 heteroatoms. The van der Waals surface area contributed by atoms with E-state index in [-0.39, 0.29) is 6.61 Å². The Labute approximate surface area is 50.8 Å². The second kappa shape index (κ2) is 3.30. The van der Waals surface area contributed by atoms with Crippen LogP contribution >= 0.6 is 0 Å². The monoisotopic (exact) mass is 184 g/mol. The summed E-state index contributed by atoms with van der Waals surface area (Å²) in [5, 5.41) is 0. The molecule has 0 aromatic rings. The Bertz CT molecular complexity index is 95.5. The van der Waals surface area contributed by atoms with Crippen LogP contribution in [-0.4, -0.2) is 29.3 Å². The van der Waals surface area contributed by atoms with Crippen LogP contribution in [0.4, 0.5) is 0 Å². The van der Waals surface area contributed by atoms with E-state index in [1.807, 2.05) is 0 Å². The molecule has 50 valence electrons. The summed E-state index contributed by atoms with van der Waals surface area (Å²) in [6.07, 6.45) is 0.631. The van der Waals surface area contributed by atoms with Crippen molar-refractivity contribution in [1.82, 2.24) is 0 Å². The van der Waals surface area contributed by atoms with Gasteiger partial charge >= 0.3 is 50.1 Å². The summed E-state index contributed by atoms with van der Waals surface area (Å²) in [7, 11) is 0. The van der Waals surface area contributed by atoms with E-state index in [2.05, 4.69) is 3.73 Å². The van der Waals surface area contributed by atoms with Crippen LogP contribution in [0.15, 0.2) is 0 Å². The van der Waals surface area contributed by atoms with E-state index in [1.165, 1.54) is 0 Å². The SMILES string of the molecule is CCCO[As](=O)(O)O. The summed E-state index contributed by atoms with van der Waals surface area (Å²) >= 11 is -4.72. The number of rotatable bonds is 3. The molecule has 0 amide bonds. The van der Waals surface area contributed by atoms with Crippen LogP contribution in [0.25, 0.3) is 0 Å². The molecule has 0 saturated heterocycles. The van der Waals surface area contributed by atoms with Gasteiger partial charge in [-0.3, -0.25) is 0 Å². The Morgan fingerprint density at radius 2 is 2.12 bits per heavy atom. The Hall–Kier alpha value is 0.238. The zero-order chi connectivity index (χ0) is 6.62. The van der Waals surface area contributed by atoms with E-state index in [9.17, 15) is 3.74 Å². The molecule has 2 N–H and O–H groups in total. The average Bonchev–Trinajstić information content (AvgIpc) is 1.59. The third kappa shape index (κ3) is 6.24. The first kappa shape index (κ1) is 8.24. The standard InChI is InChI=1S/C3H9AsO4/c1-2-3-8-4(5,6)7/h2-3H2,1H3,(H2,5,6,7). The molecule has 0 aromatic carbocycles. The minimum atomic E-state index is -4.72. The van der Waals surface area contributed by atoms with Gasteiger partial charge in [0.2, 0.25) is 0 Å². The summed E-state index contributed by atoms with van der Waals surface area (Å²) < 4.78 is 30.2. The van der Waals surface area contributed by atoms with Crippen molar-refractivity contribution in [1.29, 1.82) is 0 Å². The van der Waals surface area contributed by atoms with Crippen molar-refractivity contribution in [2.75, 3.05) is 6.61 Å². The maximum atomic E-state index is 9.92. The van der Waals surface area contributed by atoms with Gasteiger partial charge in [0.05, 0.1) is 0 Å². The molecule has 0 radical (unpaired) electrons. The molecule has 0 aliphatic carbocycles. The molecule has 8 heavy (non-hydrogen) atoms. The van der Waals surface area contributed by atoms with Crippen molar-refractivity contribution in [3.05, 3.63) is 0 Å². The van der Waals surface area contributed by atoms with E-state index in [1.54, 1.807) is 6.92 Å². The van der Waals surface area contributed by atoms with Gasteiger partial charge in [-0.15, -0.1) is 0 Å². The third-order valence-electron chi connectivity index (χ3n) is 0.464. The molecule has 0 bridgehead atoms. The fourth-order valence-electron chi connectivity index (χ4n) is 0.210. The van der Waals surface area contributed by atoms with Gasteiger partial charge in [-0.25, -0.2) is 0 Å². The molecule has 0 spiro atoms. The first-order valence-corrected chi connectivity index (χ1v) is 5.47. The minimum absolute atomic E-state index is 0.142. The summed E-state index contributed by atoms with van der Waals surface area (Å²) in [5.74, 6) is 0. The quantitative estimate of drug-likeness (QED) is 0.567. The Morgan fingerprint density at radius 1 is 1.62 bits per heavy atom. The molecule has 0 unspecified atom stereocenters. The second-order valence-corrected chi connectivity index (χ2v) is 3.92. The van der Waals surface area contributed by atoms with Gasteiger partial charge in [0.15, 0.2) is 0 Å². The van der Waals surface area contributed by atoms with Gasteiger partial charge in [0, 0.05) is 0 Å². The van der Waals surface area contributed by atoms with Crippen molar-refractivity contribution in [3.63, 3.8) is 0 Å². The molecule has 0 heterocycles. The van der Waals surface area contributed by atoms with Gasteiger partial charge in [-0.1, -0.05) is 0 Å². The second-order valence-electron chi connectivity index (χ2n) is 1.32. The fraction of sp³-hybridized carbons (Fsp3) is 1.00. The molecular formula is C3H9AsO4. The van der Waals surface area contributed by atoms with E-state index in [0.717, 1.165) is 0 Å². The van der Waals surface area contributed by atoms with E-state index in [4.69, 9.17) is 8.19 Å². The Balaban J connectivity index is 3.26. The predicted octanol–water partition coefficient (Wildman–Crippen LogP) is -0.736. The van der Waals surface area contributed by atoms with Gasteiger partial charge in [-0.2, -0.15) is 0 Å². The first-order chi connectivity index (χ1) is 3.56. The van der Waals surface area contributed by atoms with Crippen LogP contribution in [0, 0.1) is 0 Å².